The number of hydrogen-bond acceptors (Lipinski definition) is 5. The molecule has 0 aliphatic carbocycles. The summed E-state index contributed by atoms with van der Waals surface area (Å²) in [6, 6.07) is 0. The van der Waals surface area contributed by atoms with Crippen LogP contribution < -0.4 is 0 Å². The molecule has 0 amide bonds. The van der Waals surface area contributed by atoms with Crippen LogP contribution in [0.2, 0.25) is 0 Å². The van der Waals surface area contributed by atoms with E-state index in [1.54, 1.807) is 0 Å². The maximum absolute atomic E-state index is 10.8. The quantitative estimate of drug-likeness (QED) is 0.302. The Hall–Kier alpha value is -2.04. The molecule has 16 heavy (non-hydrogen) atoms. The Morgan fingerprint density at radius 3 is 1.88 bits per heavy atom. The Labute approximate surface area is 94.0 Å². The molecule has 0 aliphatic rings. The first-order valence-corrected chi connectivity index (χ1v) is 4.40. The van der Waals surface area contributed by atoms with E-state index in [0.29, 0.717) is 5.76 Å². The van der Waals surface area contributed by atoms with Crippen molar-refractivity contribution in [2.75, 3.05) is 21.3 Å². The molecule has 5 heteroatoms. The number of ether oxygens (including phenoxy) is 3. The number of carbonyl (C=O) groups excluding carboxylic acids is 2. The predicted octanol–water partition coefficient (Wildman–Crippen LogP) is 0.975. The Morgan fingerprint density at radius 1 is 0.812 bits per heavy atom. The number of allylic oxidation sites excluding steroid dienone is 3. The van der Waals surface area contributed by atoms with E-state index in [0.717, 1.165) is 0 Å². The lowest BCUT2D eigenvalue weighted by Gasteiger charge is -1.97. The van der Waals surface area contributed by atoms with Crippen molar-refractivity contribution in [3.8, 4) is 0 Å². The van der Waals surface area contributed by atoms with Crippen LogP contribution in [0.1, 0.15) is 0 Å². The zero-order chi connectivity index (χ0) is 12.4. The summed E-state index contributed by atoms with van der Waals surface area (Å²) >= 11 is 0. The molecule has 0 atom stereocenters. The van der Waals surface area contributed by atoms with Crippen molar-refractivity contribution in [3.05, 3.63) is 36.1 Å². The van der Waals surface area contributed by atoms with Gasteiger partial charge in [0.15, 0.2) is 0 Å². The molecule has 0 saturated heterocycles. The molecule has 0 fully saturated rings. The summed E-state index contributed by atoms with van der Waals surface area (Å²) in [7, 11) is 4.00. The number of hydrogen-bond donors (Lipinski definition) is 0. The van der Waals surface area contributed by atoms with Crippen LogP contribution in [0.5, 0.6) is 0 Å². The van der Waals surface area contributed by atoms with Crippen molar-refractivity contribution in [1.29, 1.82) is 0 Å². The molecule has 0 aromatic rings. The van der Waals surface area contributed by atoms with E-state index >= 15 is 0 Å². The van der Waals surface area contributed by atoms with Crippen LogP contribution in [0.15, 0.2) is 36.1 Å². The van der Waals surface area contributed by atoms with Gasteiger partial charge in [0.05, 0.1) is 21.3 Å². The molecule has 88 valence electrons. The highest BCUT2D eigenvalue weighted by Crippen LogP contribution is 1.98. The largest absolute Gasteiger partial charge is 0.497 e. The molecular weight excluding hydrogens is 212 g/mol. The summed E-state index contributed by atoms with van der Waals surface area (Å²) in [5.41, 5.74) is 0. The van der Waals surface area contributed by atoms with Gasteiger partial charge in [0, 0.05) is 12.2 Å². The molecule has 0 aliphatic heterocycles. The van der Waals surface area contributed by atoms with Gasteiger partial charge in [0.25, 0.3) is 0 Å². The highest BCUT2D eigenvalue weighted by Gasteiger charge is 1.93. The van der Waals surface area contributed by atoms with Crippen LogP contribution in [0.25, 0.3) is 0 Å². The zero-order valence-electron chi connectivity index (χ0n) is 9.43. The highest BCUT2D eigenvalue weighted by atomic mass is 16.5. The molecule has 0 aromatic carbocycles. The lowest BCUT2D eigenvalue weighted by molar-refractivity contribution is -0.135. The second kappa shape index (κ2) is 8.28. The van der Waals surface area contributed by atoms with E-state index in [1.807, 2.05) is 0 Å². The van der Waals surface area contributed by atoms with Crippen molar-refractivity contribution in [3.63, 3.8) is 0 Å². The van der Waals surface area contributed by atoms with Gasteiger partial charge in [0.2, 0.25) is 0 Å². The molecule has 0 radical (unpaired) electrons. The van der Waals surface area contributed by atoms with E-state index in [9.17, 15) is 9.59 Å². The summed E-state index contributed by atoms with van der Waals surface area (Å²) in [6.07, 6.45) is 6.82. The third-order valence-electron chi connectivity index (χ3n) is 1.51. The van der Waals surface area contributed by atoms with Crippen LogP contribution in [-0.2, 0) is 23.8 Å². The molecule has 0 bridgehead atoms. The van der Waals surface area contributed by atoms with E-state index < -0.39 is 11.9 Å². The number of methoxy groups -OCH3 is 3. The number of carbonyl (C=O) groups is 2. The predicted molar refractivity (Wildman–Crippen MR) is 57.4 cm³/mol. The first-order valence-electron chi connectivity index (χ1n) is 4.40. The van der Waals surface area contributed by atoms with Gasteiger partial charge in [-0.05, 0) is 12.2 Å². The average molecular weight is 226 g/mol. The first kappa shape index (κ1) is 14.0. The number of rotatable bonds is 5. The topological polar surface area (TPSA) is 61.8 Å². The Morgan fingerprint density at radius 2 is 1.38 bits per heavy atom. The molecule has 0 rings (SSSR count). The minimum atomic E-state index is -0.486. The summed E-state index contributed by atoms with van der Waals surface area (Å²) in [5, 5.41) is 0. The first-order chi connectivity index (χ1) is 7.63. The molecule has 0 unspecified atom stereocenters. The second-order valence-electron chi connectivity index (χ2n) is 2.51. The summed E-state index contributed by atoms with van der Waals surface area (Å²) < 4.78 is 13.7. The van der Waals surface area contributed by atoms with Gasteiger partial charge in [0.1, 0.15) is 5.76 Å². The average Bonchev–Trinajstić information content (AvgIpc) is 2.32. The third-order valence-corrected chi connectivity index (χ3v) is 1.51. The zero-order valence-corrected chi connectivity index (χ0v) is 9.43. The normalized spacial score (nSPS) is 11.8. The summed E-state index contributed by atoms with van der Waals surface area (Å²) in [4.78, 5) is 21.5. The van der Waals surface area contributed by atoms with Crippen LogP contribution in [-0.4, -0.2) is 33.3 Å². The summed E-state index contributed by atoms with van der Waals surface area (Å²) in [5.74, 6) is -0.547. The van der Waals surface area contributed by atoms with Gasteiger partial charge >= 0.3 is 11.9 Å². The van der Waals surface area contributed by atoms with Crippen LogP contribution >= 0.6 is 0 Å². The van der Waals surface area contributed by atoms with E-state index in [2.05, 4.69) is 9.47 Å². The SMILES string of the molecule is COC(=O)/C=C/C=C(\C=C\C(=O)OC)OC. The Bertz CT molecular complexity index is 325. The van der Waals surface area contributed by atoms with E-state index in [-0.39, 0.29) is 0 Å². The van der Waals surface area contributed by atoms with Gasteiger partial charge in [-0.2, -0.15) is 0 Å². The highest BCUT2D eigenvalue weighted by molar-refractivity contribution is 5.82. The number of esters is 2. The molecule has 0 N–H and O–H groups in total. The van der Waals surface area contributed by atoms with E-state index in [1.165, 1.54) is 51.7 Å². The molecule has 0 saturated carbocycles. The molecular formula is C11H14O5. The van der Waals surface area contributed by atoms with E-state index in [4.69, 9.17) is 4.74 Å². The van der Waals surface area contributed by atoms with Gasteiger partial charge in [-0.15, -0.1) is 0 Å². The van der Waals surface area contributed by atoms with Crippen LogP contribution in [0, 0.1) is 0 Å². The Kier molecular flexibility index (Phi) is 7.23. The fraction of sp³-hybridized carbons (Fsp3) is 0.273. The minimum absolute atomic E-state index is 0.408. The molecule has 0 heterocycles. The molecule has 5 nitrogen and oxygen atoms in total. The smallest absolute Gasteiger partial charge is 0.330 e. The van der Waals surface area contributed by atoms with Crippen LogP contribution in [0.4, 0.5) is 0 Å². The van der Waals surface area contributed by atoms with Crippen LogP contribution in [0.3, 0.4) is 0 Å². The van der Waals surface area contributed by atoms with Gasteiger partial charge in [-0.1, -0.05) is 6.08 Å². The summed E-state index contributed by atoms with van der Waals surface area (Å²) in [6.45, 7) is 0. The van der Waals surface area contributed by atoms with Crippen molar-refractivity contribution >= 4 is 11.9 Å². The van der Waals surface area contributed by atoms with Crippen molar-refractivity contribution < 1.29 is 23.8 Å². The van der Waals surface area contributed by atoms with Crippen molar-refractivity contribution in [2.24, 2.45) is 0 Å². The lowest BCUT2D eigenvalue weighted by Crippen LogP contribution is -1.95. The van der Waals surface area contributed by atoms with Crippen molar-refractivity contribution in [1.82, 2.24) is 0 Å². The monoisotopic (exact) mass is 226 g/mol. The third kappa shape index (κ3) is 6.42. The fourth-order valence-corrected chi connectivity index (χ4v) is 0.699. The fourth-order valence-electron chi connectivity index (χ4n) is 0.699. The maximum atomic E-state index is 10.8. The minimum Gasteiger partial charge on any atom is -0.497 e. The molecule has 0 spiro atoms. The standard InChI is InChI=1S/C11H14O5/c1-14-9(7-8-11(13)16-3)5-4-6-10(12)15-2/h4-8H,1-3H3/b6-4+,8-7+,9-5+. The van der Waals surface area contributed by atoms with Crippen molar-refractivity contribution in [2.45, 2.75) is 0 Å². The molecule has 0 aromatic heterocycles. The van der Waals surface area contributed by atoms with Gasteiger partial charge in [-0.25, -0.2) is 9.59 Å². The Balaban J connectivity index is 4.44. The van der Waals surface area contributed by atoms with Gasteiger partial charge in [-0.3, -0.25) is 0 Å². The van der Waals surface area contributed by atoms with Gasteiger partial charge < -0.3 is 14.2 Å². The second-order valence-corrected chi connectivity index (χ2v) is 2.51. The lowest BCUT2D eigenvalue weighted by atomic mass is 10.3. The maximum Gasteiger partial charge on any atom is 0.330 e.